The molecule has 0 bridgehead atoms. The third kappa shape index (κ3) is 2.86. The van der Waals surface area contributed by atoms with Gasteiger partial charge in [0.05, 0.1) is 0 Å². The maximum Gasteiger partial charge on any atom is 0.184 e. The predicted molar refractivity (Wildman–Crippen MR) is 67.0 cm³/mol. The molecule has 2 aromatic rings. The normalized spacial score (nSPS) is 11.8. The molecule has 1 heterocycles. The summed E-state index contributed by atoms with van der Waals surface area (Å²) < 4.78 is 27.9. The zero-order chi connectivity index (χ0) is 14.2. The van der Waals surface area contributed by atoms with Gasteiger partial charge in [-0.15, -0.1) is 5.10 Å². The number of halogens is 2. The molecule has 0 atom stereocenters. The van der Waals surface area contributed by atoms with E-state index < -0.39 is 11.6 Å². The van der Waals surface area contributed by atoms with E-state index in [2.05, 4.69) is 15.5 Å². The maximum atomic E-state index is 13.3. The number of nitrogens with zero attached hydrogens (tertiary/aromatic N) is 4. The lowest BCUT2D eigenvalue weighted by molar-refractivity contribution is 0.323. The average Bonchev–Trinajstić information content (AvgIpc) is 2.69. The van der Waals surface area contributed by atoms with Crippen molar-refractivity contribution in [2.75, 3.05) is 5.73 Å². The molecule has 0 amide bonds. The Hall–Kier alpha value is -2.05. The molecule has 2 rings (SSSR count). The largest absolute Gasteiger partial charge is 0.398 e. The van der Waals surface area contributed by atoms with Crippen molar-refractivity contribution in [3.8, 4) is 11.4 Å². The number of rotatable bonds is 2. The highest BCUT2D eigenvalue weighted by molar-refractivity contribution is 5.71. The molecule has 0 aliphatic carbocycles. The summed E-state index contributed by atoms with van der Waals surface area (Å²) in [4.78, 5) is 0. The Morgan fingerprint density at radius 1 is 1.21 bits per heavy atom. The molecule has 0 fully saturated rings. The van der Waals surface area contributed by atoms with E-state index in [-0.39, 0.29) is 16.7 Å². The first-order valence-corrected chi connectivity index (χ1v) is 5.79. The highest BCUT2D eigenvalue weighted by Crippen LogP contribution is 2.27. The number of nitrogens with two attached hydrogens (primary N) is 1. The van der Waals surface area contributed by atoms with Crippen LogP contribution in [0.2, 0.25) is 0 Å². The van der Waals surface area contributed by atoms with Crippen molar-refractivity contribution in [1.82, 2.24) is 20.2 Å². The van der Waals surface area contributed by atoms with E-state index in [9.17, 15) is 8.78 Å². The van der Waals surface area contributed by atoms with Gasteiger partial charge in [0.1, 0.15) is 0 Å². The Morgan fingerprint density at radius 2 is 1.84 bits per heavy atom. The van der Waals surface area contributed by atoms with Crippen molar-refractivity contribution in [3.05, 3.63) is 23.8 Å². The van der Waals surface area contributed by atoms with E-state index in [4.69, 9.17) is 5.73 Å². The molecule has 0 aliphatic heterocycles. The first-order chi connectivity index (χ1) is 8.78. The van der Waals surface area contributed by atoms with Gasteiger partial charge in [0, 0.05) is 23.9 Å². The SMILES string of the molecule is CC(C)(C)Cn1nnnc1-c1cc(F)c(F)cc1N. The molecular formula is C12H15F2N5. The molecule has 0 aliphatic rings. The van der Waals surface area contributed by atoms with Gasteiger partial charge in [-0.2, -0.15) is 0 Å². The second kappa shape index (κ2) is 4.56. The van der Waals surface area contributed by atoms with Gasteiger partial charge in [-0.25, -0.2) is 13.5 Å². The third-order valence-electron chi connectivity index (χ3n) is 2.49. The number of hydrogen-bond acceptors (Lipinski definition) is 4. The van der Waals surface area contributed by atoms with E-state index in [1.54, 1.807) is 0 Å². The maximum absolute atomic E-state index is 13.3. The Morgan fingerprint density at radius 3 is 2.47 bits per heavy atom. The van der Waals surface area contributed by atoms with Crippen molar-refractivity contribution in [2.45, 2.75) is 27.3 Å². The molecular weight excluding hydrogens is 252 g/mol. The van der Waals surface area contributed by atoms with Gasteiger partial charge in [0.2, 0.25) is 0 Å². The van der Waals surface area contributed by atoms with Crippen LogP contribution in [0.15, 0.2) is 12.1 Å². The summed E-state index contributed by atoms with van der Waals surface area (Å²) in [5.74, 6) is -1.64. The van der Waals surface area contributed by atoms with Crippen LogP contribution < -0.4 is 5.73 Å². The van der Waals surface area contributed by atoms with E-state index in [1.807, 2.05) is 20.8 Å². The van der Waals surface area contributed by atoms with Crippen LogP contribution in [0.4, 0.5) is 14.5 Å². The number of benzene rings is 1. The summed E-state index contributed by atoms with van der Waals surface area (Å²) in [6, 6.07) is 1.94. The Kier molecular flexibility index (Phi) is 3.21. The Balaban J connectivity index is 2.49. The van der Waals surface area contributed by atoms with Gasteiger partial charge >= 0.3 is 0 Å². The van der Waals surface area contributed by atoms with Crippen LogP contribution in [0.25, 0.3) is 11.4 Å². The van der Waals surface area contributed by atoms with E-state index in [1.165, 1.54) is 4.68 Å². The van der Waals surface area contributed by atoms with Crippen LogP contribution in [-0.4, -0.2) is 20.2 Å². The quantitative estimate of drug-likeness (QED) is 0.847. The topological polar surface area (TPSA) is 69.6 Å². The van der Waals surface area contributed by atoms with Gasteiger partial charge in [0.15, 0.2) is 17.5 Å². The lowest BCUT2D eigenvalue weighted by atomic mass is 9.97. The van der Waals surface area contributed by atoms with Crippen molar-refractivity contribution in [2.24, 2.45) is 5.41 Å². The number of anilines is 1. The van der Waals surface area contributed by atoms with Gasteiger partial charge in [-0.3, -0.25) is 0 Å². The molecule has 19 heavy (non-hydrogen) atoms. The minimum absolute atomic E-state index is 0.0581. The lowest BCUT2D eigenvalue weighted by Gasteiger charge is -2.18. The highest BCUT2D eigenvalue weighted by Gasteiger charge is 2.19. The molecule has 0 saturated carbocycles. The van der Waals surface area contributed by atoms with Crippen LogP contribution in [-0.2, 0) is 6.54 Å². The van der Waals surface area contributed by atoms with Crippen molar-refractivity contribution in [1.29, 1.82) is 0 Å². The Bertz CT molecular complexity index is 601. The first kappa shape index (κ1) is 13.4. The van der Waals surface area contributed by atoms with Gasteiger partial charge < -0.3 is 5.73 Å². The number of nitrogen functional groups attached to an aromatic ring is 1. The summed E-state index contributed by atoms with van der Waals surface area (Å²) in [7, 11) is 0. The van der Waals surface area contributed by atoms with Crippen LogP contribution in [0.5, 0.6) is 0 Å². The van der Waals surface area contributed by atoms with Crippen molar-refractivity contribution >= 4 is 5.69 Å². The fraction of sp³-hybridized carbons (Fsp3) is 0.417. The monoisotopic (exact) mass is 267 g/mol. The fourth-order valence-corrected chi connectivity index (χ4v) is 1.71. The summed E-state index contributed by atoms with van der Waals surface area (Å²) in [5.41, 5.74) is 6.03. The minimum atomic E-state index is -0.990. The average molecular weight is 267 g/mol. The third-order valence-corrected chi connectivity index (χ3v) is 2.49. The molecule has 0 unspecified atom stereocenters. The van der Waals surface area contributed by atoms with Crippen molar-refractivity contribution in [3.63, 3.8) is 0 Å². The summed E-state index contributed by atoms with van der Waals surface area (Å²) in [6.45, 7) is 6.60. The second-order valence-corrected chi connectivity index (χ2v) is 5.57. The summed E-state index contributed by atoms with van der Waals surface area (Å²) in [6.07, 6.45) is 0. The van der Waals surface area contributed by atoms with Crippen LogP contribution in [0, 0.1) is 17.0 Å². The van der Waals surface area contributed by atoms with E-state index in [0.29, 0.717) is 12.4 Å². The van der Waals surface area contributed by atoms with Gasteiger partial charge in [-0.1, -0.05) is 20.8 Å². The number of tetrazole rings is 1. The number of hydrogen-bond donors (Lipinski definition) is 1. The molecule has 102 valence electrons. The molecule has 1 aromatic carbocycles. The number of aromatic nitrogens is 4. The zero-order valence-corrected chi connectivity index (χ0v) is 11.0. The smallest absolute Gasteiger partial charge is 0.184 e. The molecule has 0 spiro atoms. The minimum Gasteiger partial charge on any atom is -0.398 e. The Labute approximate surface area is 109 Å². The fourth-order valence-electron chi connectivity index (χ4n) is 1.71. The summed E-state index contributed by atoms with van der Waals surface area (Å²) in [5, 5.41) is 11.3. The molecule has 2 N–H and O–H groups in total. The molecule has 5 nitrogen and oxygen atoms in total. The van der Waals surface area contributed by atoms with E-state index in [0.717, 1.165) is 12.1 Å². The van der Waals surface area contributed by atoms with Gasteiger partial charge in [-0.05, 0) is 21.9 Å². The predicted octanol–water partition coefficient (Wildman–Crippen LogP) is 2.25. The molecule has 0 radical (unpaired) electrons. The second-order valence-electron chi connectivity index (χ2n) is 5.57. The summed E-state index contributed by atoms with van der Waals surface area (Å²) >= 11 is 0. The first-order valence-electron chi connectivity index (χ1n) is 5.79. The highest BCUT2D eigenvalue weighted by atomic mass is 19.2. The van der Waals surface area contributed by atoms with Crippen molar-refractivity contribution < 1.29 is 8.78 Å². The standard InChI is InChI=1S/C12H15F2N5/c1-12(2,3)6-19-11(16-17-18-19)7-4-8(13)9(14)5-10(7)15/h4-5H,6,15H2,1-3H3. The van der Waals surface area contributed by atoms with Crippen LogP contribution >= 0.6 is 0 Å². The van der Waals surface area contributed by atoms with Crippen LogP contribution in [0.3, 0.4) is 0 Å². The lowest BCUT2D eigenvalue weighted by Crippen LogP contribution is -2.17. The zero-order valence-electron chi connectivity index (χ0n) is 11.0. The molecule has 7 heteroatoms. The molecule has 0 saturated heterocycles. The van der Waals surface area contributed by atoms with Gasteiger partial charge in [0.25, 0.3) is 0 Å². The van der Waals surface area contributed by atoms with E-state index >= 15 is 0 Å². The molecule has 1 aromatic heterocycles. The van der Waals surface area contributed by atoms with Crippen LogP contribution in [0.1, 0.15) is 20.8 Å².